The molecule has 2 atom stereocenters. The first-order chi connectivity index (χ1) is 19.3. The van der Waals surface area contributed by atoms with E-state index in [1.807, 2.05) is 0 Å². The first-order valence-electron chi connectivity index (χ1n) is 17.0. The normalized spacial score (nSPS) is 13.4. The van der Waals surface area contributed by atoms with E-state index in [1.165, 1.54) is 116 Å². The van der Waals surface area contributed by atoms with Gasteiger partial charge in [-0.25, -0.2) is 4.57 Å². The number of aliphatic hydroxyl groups is 1. The summed E-state index contributed by atoms with van der Waals surface area (Å²) in [5, 5.41) is 13.4. The van der Waals surface area contributed by atoms with Crippen LogP contribution in [-0.4, -0.2) is 39.6 Å². The number of phosphoric ester groups is 1. The minimum atomic E-state index is -4.67. The van der Waals surface area contributed by atoms with Crippen LogP contribution < -0.4 is 5.32 Å². The Labute approximate surface area is 247 Å². The van der Waals surface area contributed by atoms with E-state index >= 15 is 0 Å². The van der Waals surface area contributed by atoms with E-state index in [9.17, 15) is 14.5 Å². The molecule has 0 saturated heterocycles. The minimum absolute atomic E-state index is 0.200. The summed E-state index contributed by atoms with van der Waals surface area (Å²) in [4.78, 5) is 30.5. The van der Waals surface area contributed by atoms with Gasteiger partial charge in [0.15, 0.2) is 0 Å². The van der Waals surface area contributed by atoms with Crippen LogP contribution in [0.25, 0.3) is 0 Å². The van der Waals surface area contributed by atoms with Gasteiger partial charge in [-0.15, -0.1) is 0 Å². The van der Waals surface area contributed by atoms with Crippen LogP contribution in [0.3, 0.4) is 0 Å². The Morgan fingerprint density at radius 2 is 0.975 bits per heavy atom. The summed E-state index contributed by atoms with van der Waals surface area (Å²) in [5.41, 5.74) is 0. The molecule has 0 aliphatic heterocycles. The van der Waals surface area contributed by atoms with Gasteiger partial charge in [0.05, 0.1) is 18.8 Å². The smallest absolute Gasteiger partial charge is 0.391 e. The number of hydrogen-bond acceptors (Lipinski definition) is 4. The fraction of sp³-hybridized carbons (Fsp3) is 0.969. The molecule has 0 unspecified atom stereocenters. The molecule has 0 aromatic carbocycles. The molecule has 0 aliphatic carbocycles. The minimum Gasteiger partial charge on any atom is -0.391 e. The van der Waals surface area contributed by atoms with E-state index in [1.54, 1.807) is 0 Å². The number of phosphoric acid groups is 1. The maximum atomic E-state index is 12.4. The SMILES string of the molecule is CCCCCCCCCCCCCCCCCCC[C@@H](O)[C@H](COP(=O)(O)O)NC(=O)CCCCCCCCC. The third-order valence-electron chi connectivity index (χ3n) is 7.84. The van der Waals surface area contributed by atoms with Crippen molar-refractivity contribution in [3.63, 3.8) is 0 Å². The molecule has 1 amide bonds. The number of carbonyl (C=O) groups excluding carboxylic acids is 1. The molecular weight excluding hydrogens is 525 g/mol. The Hall–Kier alpha value is -0.460. The molecule has 0 radical (unpaired) electrons. The summed E-state index contributed by atoms with van der Waals surface area (Å²) in [6, 6.07) is -0.814. The number of carbonyl (C=O) groups is 1. The molecule has 0 fully saturated rings. The lowest BCUT2D eigenvalue weighted by Gasteiger charge is -2.24. The summed E-state index contributed by atoms with van der Waals surface area (Å²) < 4.78 is 15.8. The van der Waals surface area contributed by atoms with Crippen LogP contribution in [0.15, 0.2) is 0 Å². The van der Waals surface area contributed by atoms with Crippen molar-refractivity contribution in [2.45, 2.75) is 193 Å². The molecule has 0 aliphatic rings. The Bertz CT molecular complexity index is 600. The van der Waals surface area contributed by atoms with Gasteiger partial charge in [0.25, 0.3) is 0 Å². The number of hydrogen-bond donors (Lipinski definition) is 4. The van der Waals surface area contributed by atoms with Gasteiger partial charge in [-0.1, -0.05) is 162 Å². The summed E-state index contributed by atoms with van der Waals surface area (Å²) >= 11 is 0. The fourth-order valence-corrected chi connectivity index (χ4v) is 5.58. The zero-order valence-electron chi connectivity index (χ0n) is 26.3. The summed E-state index contributed by atoms with van der Waals surface area (Å²) in [6.45, 7) is 4.06. The summed E-state index contributed by atoms with van der Waals surface area (Å²) in [6.07, 6.45) is 29.6. The molecule has 0 aromatic heterocycles. The second-order valence-electron chi connectivity index (χ2n) is 11.8. The van der Waals surface area contributed by atoms with Crippen molar-refractivity contribution in [1.82, 2.24) is 5.32 Å². The number of aliphatic hydroxyl groups excluding tert-OH is 1. The van der Waals surface area contributed by atoms with E-state index in [-0.39, 0.29) is 5.91 Å². The van der Waals surface area contributed by atoms with E-state index in [0.29, 0.717) is 12.8 Å². The van der Waals surface area contributed by atoms with Crippen molar-refractivity contribution in [3.8, 4) is 0 Å². The molecular formula is C32H66NO6P. The van der Waals surface area contributed by atoms with Crippen LogP contribution in [0.1, 0.15) is 181 Å². The van der Waals surface area contributed by atoms with E-state index < -0.39 is 26.6 Å². The summed E-state index contributed by atoms with van der Waals surface area (Å²) in [7, 11) is -4.67. The van der Waals surface area contributed by atoms with Crippen molar-refractivity contribution >= 4 is 13.7 Å². The monoisotopic (exact) mass is 591 g/mol. The van der Waals surface area contributed by atoms with Crippen molar-refractivity contribution in [3.05, 3.63) is 0 Å². The van der Waals surface area contributed by atoms with Crippen molar-refractivity contribution < 1.29 is 28.8 Å². The first-order valence-corrected chi connectivity index (χ1v) is 18.5. The zero-order valence-corrected chi connectivity index (χ0v) is 27.2. The van der Waals surface area contributed by atoms with Gasteiger partial charge in [-0.05, 0) is 12.8 Å². The first kappa shape index (κ1) is 39.5. The number of rotatable bonds is 31. The lowest BCUT2D eigenvalue weighted by atomic mass is 10.0. The predicted molar refractivity (Wildman–Crippen MR) is 167 cm³/mol. The third kappa shape index (κ3) is 29.0. The molecule has 0 spiro atoms. The topological polar surface area (TPSA) is 116 Å². The van der Waals surface area contributed by atoms with Crippen LogP contribution in [0.2, 0.25) is 0 Å². The molecule has 0 heterocycles. The third-order valence-corrected chi connectivity index (χ3v) is 8.33. The van der Waals surface area contributed by atoms with Gasteiger partial charge in [0.2, 0.25) is 5.91 Å². The molecule has 240 valence electrons. The summed E-state index contributed by atoms with van der Waals surface area (Å²) in [5.74, 6) is -0.200. The second kappa shape index (κ2) is 28.6. The van der Waals surface area contributed by atoms with E-state index in [2.05, 4.69) is 23.7 Å². The highest BCUT2D eigenvalue weighted by Crippen LogP contribution is 2.36. The molecule has 4 N–H and O–H groups in total. The van der Waals surface area contributed by atoms with Crippen LogP contribution in [0, 0.1) is 0 Å². The molecule has 0 aromatic rings. The van der Waals surface area contributed by atoms with Gasteiger partial charge >= 0.3 is 7.82 Å². The van der Waals surface area contributed by atoms with Crippen LogP contribution in [0.4, 0.5) is 0 Å². The largest absolute Gasteiger partial charge is 0.469 e. The van der Waals surface area contributed by atoms with Crippen molar-refractivity contribution in [2.75, 3.05) is 6.61 Å². The average Bonchev–Trinajstić information content (AvgIpc) is 2.91. The van der Waals surface area contributed by atoms with Crippen molar-refractivity contribution in [1.29, 1.82) is 0 Å². The van der Waals surface area contributed by atoms with Gasteiger partial charge < -0.3 is 20.2 Å². The second-order valence-corrected chi connectivity index (χ2v) is 13.1. The Kier molecular flexibility index (Phi) is 28.3. The van der Waals surface area contributed by atoms with Crippen LogP contribution in [-0.2, 0) is 13.9 Å². The molecule has 0 bridgehead atoms. The lowest BCUT2D eigenvalue weighted by Crippen LogP contribution is -2.46. The maximum Gasteiger partial charge on any atom is 0.469 e. The standard InChI is InChI=1S/C32H66NO6P/c1-3-5-7-9-11-12-13-14-15-16-17-18-19-20-22-23-25-27-31(34)30(29-39-40(36,37)38)33-32(35)28-26-24-21-10-8-6-4-2/h30-31,34H,3-29H2,1-2H3,(H,33,35)(H2,36,37,38)/t30-,31+/m0/s1. The van der Waals surface area contributed by atoms with E-state index in [4.69, 9.17) is 9.79 Å². The highest BCUT2D eigenvalue weighted by Gasteiger charge is 2.25. The average molecular weight is 592 g/mol. The molecule has 40 heavy (non-hydrogen) atoms. The van der Waals surface area contributed by atoms with E-state index in [0.717, 1.165) is 38.5 Å². The van der Waals surface area contributed by atoms with Crippen LogP contribution in [0.5, 0.6) is 0 Å². The Morgan fingerprint density at radius 1 is 0.625 bits per heavy atom. The predicted octanol–water partition coefficient (Wildman–Crippen LogP) is 9.12. The van der Waals surface area contributed by atoms with Crippen molar-refractivity contribution in [2.24, 2.45) is 0 Å². The molecule has 0 saturated carbocycles. The Morgan fingerprint density at radius 3 is 1.35 bits per heavy atom. The van der Waals surface area contributed by atoms with Gasteiger partial charge in [-0.2, -0.15) is 0 Å². The quantitative estimate of drug-likeness (QED) is 0.0472. The van der Waals surface area contributed by atoms with Gasteiger partial charge in [-0.3, -0.25) is 9.32 Å². The number of amides is 1. The maximum absolute atomic E-state index is 12.4. The fourth-order valence-electron chi connectivity index (χ4n) is 5.23. The molecule has 0 rings (SSSR count). The highest BCUT2D eigenvalue weighted by atomic mass is 31.2. The number of nitrogens with one attached hydrogen (secondary N) is 1. The molecule has 7 nitrogen and oxygen atoms in total. The Balaban J connectivity index is 3.91. The van der Waals surface area contributed by atoms with Gasteiger partial charge in [0.1, 0.15) is 0 Å². The molecule has 8 heteroatoms. The lowest BCUT2D eigenvalue weighted by molar-refractivity contribution is -0.123. The number of unbranched alkanes of at least 4 members (excludes halogenated alkanes) is 22. The zero-order chi connectivity index (χ0) is 29.7. The van der Waals surface area contributed by atoms with Gasteiger partial charge in [0, 0.05) is 6.42 Å². The van der Waals surface area contributed by atoms with Crippen LogP contribution >= 0.6 is 7.82 Å². The highest BCUT2D eigenvalue weighted by molar-refractivity contribution is 7.46.